The summed E-state index contributed by atoms with van der Waals surface area (Å²) in [6, 6.07) is 13.7. The van der Waals surface area contributed by atoms with E-state index in [0.717, 1.165) is 16.5 Å². The molecule has 106 valence electrons. The topological polar surface area (TPSA) is 38.3 Å². The van der Waals surface area contributed by atoms with Crippen molar-refractivity contribution < 1.29 is 9.53 Å². The number of nitrogens with one attached hydrogen (secondary N) is 1. The summed E-state index contributed by atoms with van der Waals surface area (Å²) in [6.45, 7) is 7.43. The fourth-order valence-electron chi connectivity index (χ4n) is 2.03. The predicted octanol–water partition coefficient (Wildman–Crippen LogP) is 3.98. The molecule has 2 rings (SSSR count). The predicted molar refractivity (Wildman–Crippen MR) is 82.9 cm³/mol. The molecule has 0 aromatic heterocycles. The molecule has 3 heteroatoms. The third kappa shape index (κ3) is 3.50. The van der Waals surface area contributed by atoms with Crippen LogP contribution in [0.2, 0.25) is 0 Å². The fourth-order valence-corrected chi connectivity index (χ4v) is 2.03. The van der Waals surface area contributed by atoms with Gasteiger partial charge in [0, 0.05) is 11.1 Å². The number of fused-ring (bicyclic) bond motifs is 1. The number of ether oxygens (including phenoxy) is 1. The highest BCUT2D eigenvalue weighted by Gasteiger charge is 2.21. The van der Waals surface area contributed by atoms with Crippen LogP contribution >= 0.6 is 0 Å². The Balaban J connectivity index is 2.18. The lowest BCUT2D eigenvalue weighted by atomic mass is 10.1. The molecular weight excluding hydrogens is 250 g/mol. The van der Waals surface area contributed by atoms with Crippen molar-refractivity contribution in [1.82, 2.24) is 0 Å². The van der Waals surface area contributed by atoms with E-state index < -0.39 is 5.60 Å². The van der Waals surface area contributed by atoms with Crippen molar-refractivity contribution in [3.63, 3.8) is 0 Å². The van der Waals surface area contributed by atoms with Gasteiger partial charge in [-0.05, 0) is 39.1 Å². The average Bonchev–Trinajstić information content (AvgIpc) is 2.37. The molecule has 0 amide bonds. The van der Waals surface area contributed by atoms with Crippen LogP contribution in [0.3, 0.4) is 0 Å². The Morgan fingerprint density at radius 1 is 1.10 bits per heavy atom. The summed E-state index contributed by atoms with van der Waals surface area (Å²) in [5.74, 6) is -0.245. The van der Waals surface area contributed by atoms with Crippen molar-refractivity contribution >= 4 is 22.4 Å². The van der Waals surface area contributed by atoms with Crippen molar-refractivity contribution in [2.24, 2.45) is 0 Å². The number of carbonyl (C=O) groups is 1. The number of hydrogen-bond donors (Lipinski definition) is 1. The van der Waals surface area contributed by atoms with Crippen LogP contribution in [-0.2, 0) is 9.53 Å². The molecule has 2 aromatic carbocycles. The van der Waals surface area contributed by atoms with E-state index in [2.05, 4.69) is 17.4 Å². The standard InChI is InChI=1S/C17H21NO2/c1-12(16(19)20-17(2,3)4)18-15-11-7-9-13-8-5-6-10-14(13)15/h5-12,18H,1-4H3/t12-/m1/s1. The summed E-state index contributed by atoms with van der Waals surface area (Å²) >= 11 is 0. The molecule has 0 heterocycles. The van der Waals surface area contributed by atoms with Crippen molar-refractivity contribution in [2.75, 3.05) is 5.32 Å². The molecule has 0 fully saturated rings. The minimum Gasteiger partial charge on any atom is -0.458 e. The zero-order valence-electron chi connectivity index (χ0n) is 12.4. The Hall–Kier alpha value is -2.03. The van der Waals surface area contributed by atoms with Gasteiger partial charge in [0.05, 0.1) is 0 Å². The van der Waals surface area contributed by atoms with Gasteiger partial charge in [0.15, 0.2) is 0 Å². The van der Waals surface area contributed by atoms with Crippen LogP contribution in [0, 0.1) is 0 Å². The maximum atomic E-state index is 12.0. The number of esters is 1. The van der Waals surface area contributed by atoms with E-state index in [1.54, 1.807) is 0 Å². The molecule has 0 aliphatic rings. The minimum absolute atomic E-state index is 0.245. The summed E-state index contributed by atoms with van der Waals surface area (Å²) in [5, 5.41) is 5.48. The summed E-state index contributed by atoms with van der Waals surface area (Å²) < 4.78 is 5.38. The summed E-state index contributed by atoms with van der Waals surface area (Å²) in [5.41, 5.74) is 0.479. The molecule has 1 atom stereocenters. The van der Waals surface area contributed by atoms with Gasteiger partial charge in [0.25, 0.3) is 0 Å². The van der Waals surface area contributed by atoms with E-state index >= 15 is 0 Å². The highest BCUT2D eigenvalue weighted by molar-refractivity contribution is 5.95. The number of hydrogen-bond acceptors (Lipinski definition) is 3. The van der Waals surface area contributed by atoms with E-state index in [0.29, 0.717) is 0 Å². The lowest BCUT2D eigenvalue weighted by molar-refractivity contribution is -0.155. The summed E-state index contributed by atoms with van der Waals surface area (Å²) in [7, 11) is 0. The van der Waals surface area contributed by atoms with Crippen molar-refractivity contribution in [3.05, 3.63) is 42.5 Å². The van der Waals surface area contributed by atoms with Crippen LogP contribution in [0.25, 0.3) is 10.8 Å². The quantitative estimate of drug-likeness (QED) is 0.858. The van der Waals surface area contributed by atoms with Gasteiger partial charge in [-0.15, -0.1) is 0 Å². The Morgan fingerprint density at radius 3 is 2.45 bits per heavy atom. The first-order valence-electron chi connectivity index (χ1n) is 6.84. The average molecular weight is 271 g/mol. The van der Waals surface area contributed by atoms with Crippen LogP contribution in [0.4, 0.5) is 5.69 Å². The first-order valence-corrected chi connectivity index (χ1v) is 6.84. The van der Waals surface area contributed by atoms with Crippen LogP contribution in [0.15, 0.2) is 42.5 Å². The molecule has 0 saturated heterocycles. The SMILES string of the molecule is C[C@@H](Nc1cccc2ccccc12)C(=O)OC(C)(C)C. The smallest absolute Gasteiger partial charge is 0.328 e. The van der Waals surface area contributed by atoms with E-state index in [1.165, 1.54) is 0 Å². The molecule has 2 aromatic rings. The first-order chi connectivity index (χ1) is 9.37. The Morgan fingerprint density at radius 2 is 1.75 bits per heavy atom. The molecule has 0 aliphatic heterocycles. The van der Waals surface area contributed by atoms with E-state index in [4.69, 9.17) is 4.74 Å². The van der Waals surface area contributed by atoms with E-state index in [1.807, 2.05) is 58.0 Å². The molecule has 0 aliphatic carbocycles. The van der Waals surface area contributed by atoms with Crippen LogP contribution in [-0.4, -0.2) is 17.6 Å². The lowest BCUT2D eigenvalue weighted by Crippen LogP contribution is -2.34. The molecule has 3 nitrogen and oxygen atoms in total. The molecule has 20 heavy (non-hydrogen) atoms. The van der Waals surface area contributed by atoms with Gasteiger partial charge in [0.2, 0.25) is 0 Å². The highest BCUT2D eigenvalue weighted by Crippen LogP contribution is 2.24. The van der Waals surface area contributed by atoms with Gasteiger partial charge in [0.1, 0.15) is 11.6 Å². The third-order valence-corrected chi connectivity index (χ3v) is 2.92. The number of rotatable bonds is 3. The van der Waals surface area contributed by atoms with E-state index in [-0.39, 0.29) is 12.0 Å². The van der Waals surface area contributed by atoms with Crippen molar-refractivity contribution in [3.8, 4) is 0 Å². The van der Waals surface area contributed by atoms with Gasteiger partial charge >= 0.3 is 5.97 Å². The highest BCUT2D eigenvalue weighted by atomic mass is 16.6. The van der Waals surface area contributed by atoms with Gasteiger partial charge < -0.3 is 10.1 Å². The zero-order valence-corrected chi connectivity index (χ0v) is 12.4. The number of carbonyl (C=O) groups excluding carboxylic acids is 1. The first kappa shape index (κ1) is 14.4. The minimum atomic E-state index is -0.466. The van der Waals surface area contributed by atoms with Gasteiger partial charge in [-0.3, -0.25) is 0 Å². The number of anilines is 1. The molecule has 1 N–H and O–H groups in total. The summed E-state index contributed by atoms with van der Waals surface area (Å²) in [6.07, 6.45) is 0. The van der Waals surface area contributed by atoms with Crippen molar-refractivity contribution in [2.45, 2.75) is 39.3 Å². The van der Waals surface area contributed by atoms with Crippen LogP contribution in [0.1, 0.15) is 27.7 Å². The van der Waals surface area contributed by atoms with Gasteiger partial charge in [-0.25, -0.2) is 4.79 Å². The van der Waals surface area contributed by atoms with Crippen LogP contribution in [0.5, 0.6) is 0 Å². The lowest BCUT2D eigenvalue weighted by Gasteiger charge is -2.23. The Kier molecular flexibility index (Phi) is 3.98. The third-order valence-electron chi connectivity index (χ3n) is 2.92. The van der Waals surface area contributed by atoms with Gasteiger partial charge in [-0.1, -0.05) is 36.4 Å². The van der Waals surface area contributed by atoms with Crippen molar-refractivity contribution in [1.29, 1.82) is 0 Å². The molecule has 0 saturated carbocycles. The van der Waals surface area contributed by atoms with E-state index in [9.17, 15) is 4.79 Å². The normalized spacial score (nSPS) is 13.0. The maximum absolute atomic E-state index is 12.0. The largest absolute Gasteiger partial charge is 0.458 e. The van der Waals surface area contributed by atoms with Crippen LogP contribution < -0.4 is 5.32 Å². The molecule has 0 spiro atoms. The fraction of sp³-hybridized carbons (Fsp3) is 0.353. The molecule has 0 radical (unpaired) electrons. The molecule has 0 unspecified atom stereocenters. The Bertz CT molecular complexity index is 608. The summed E-state index contributed by atoms with van der Waals surface area (Å²) in [4.78, 5) is 12.0. The maximum Gasteiger partial charge on any atom is 0.328 e. The second-order valence-corrected chi connectivity index (χ2v) is 5.93. The van der Waals surface area contributed by atoms with Gasteiger partial charge in [-0.2, -0.15) is 0 Å². The number of benzene rings is 2. The second-order valence-electron chi connectivity index (χ2n) is 5.93. The zero-order chi connectivity index (χ0) is 14.8. The second kappa shape index (κ2) is 5.53. The Labute approximate surface area is 119 Å². The monoisotopic (exact) mass is 271 g/mol. The molecule has 0 bridgehead atoms. The molecular formula is C17H21NO2.